The normalized spacial score (nSPS) is 15.8. The van der Waals surface area contributed by atoms with Crippen molar-refractivity contribution < 1.29 is 4.74 Å². The van der Waals surface area contributed by atoms with Crippen molar-refractivity contribution in [3.63, 3.8) is 0 Å². The number of aromatic amines is 1. The number of thiazole rings is 1. The number of pyridine rings is 1. The third-order valence-corrected chi connectivity index (χ3v) is 5.06. The van der Waals surface area contributed by atoms with E-state index in [0.29, 0.717) is 0 Å². The second-order valence-electron chi connectivity index (χ2n) is 5.87. The Kier molecular flexibility index (Phi) is 4.73. The van der Waals surface area contributed by atoms with E-state index in [0.717, 1.165) is 73.2 Å². The molecule has 1 fully saturated rings. The van der Waals surface area contributed by atoms with Gasteiger partial charge in [0.1, 0.15) is 5.65 Å². The Bertz CT molecular complexity index is 793. The van der Waals surface area contributed by atoms with Gasteiger partial charge in [0.2, 0.25) is 0 Å². The highest BCUT2D eigenvalue weighted by Crippen LogP contribution is 2.30. The van der Waals surface area contributed by atoms with Crippen molar-refractivity contribution in [3.05, 3.63) is 29.9 Å². The van der Waals surface area contributed by atoms with Crippen LogP contribution in [-0.2, 0) is 4.74 Å². The van der Waals surface area contributed by atoms with Crippen LogP contribution in [0.1, 0.15) is 6.42 Å². The van der Waals surface area contributed by atoms with Crippen LogP contribution in [0.3, 0.4) is 0 Å². The predicted molar refractivity (Wildman–Crippen MR) is 97.6 cm³/mol. The molecule has 0 aromatic carbocycles. The highest BCUT2D eigenvalue weighted by Gasteiger charge is 2.11. The minimum Gasteiger partial charge on any atom is -0.379 e. The summed E-state index contributed by atoms with van der Waals surface area (Å²) in [7, 11) is 0. The predicted octanol–water partition coefficient (Wildman–Crippen LogP) is 2.82. The highest BCUT2D eigenvalue weighted by molar-refractivity contribution is 7.14. The Morgan fingerprint density at radius 3 is 3.17 bits per heavy atom. The molecule has 0 bridgehead atoms. The number of H-pyrrole nitrogens is 1. The van der Waals surface area contributed by atoms with Crippen LogP contribution >= 0.6 is 11.3 Å². The van der Waals surface area contributed by atoms with Gasteiger partial charge in [-0.15, -0.1) is 11.3 Å². The number of rotatable bonds is 6. The van der Waals surface area contributed by atoms with Gasteiger partial charge in [-0.1, -0.05) is 0 Å². The molecule has 6 nitrogen and oxygen atoms in total. The quantitative estimate of drug-likeness (QED) is 0.674. The third kappa shape index (κ3) is 3.43. The number of morpholine rings is 1. The maximum Gasteiger partial charge on any atom is 0.183 e. The molecule has 7 heteroatoms. The van der Waals surface area contributed by atoms with Gasteiger partial charge in [0.15, 0.2) is 5.13 Å². The van der Waals surface area contributed by atoms with Crippen LogP contribution in [0.25, 0.3) is 22.3 Å². The Hall–Kier alpha value is -1.96. The summed E-state index contributed by atoms with van der Waals surface area (Å²) in [6.07, 6.45) is 4.89. The molecule has 0 radical (unpaired) electrons. The largest absolute Gasteiger partial charge is 0.379 e. The second-order valence-corrected chi connectivity index (χ2v) is 6.73. The molecule has 126 valence electrons. The van der Waals surface area contributed by atoms with Crippen molar-refractivity contribution in [2.24, 2.45) is 0 Å². The lowest BCUT2D eigenvalue weighted by Gasteiger charge is -2.26. The van der Waals surface area contributed by atoms with E-state index in [1.54, 1.807) is 17.5 Å². The molecule has 0 unspecified atom stereocenters. The summed E-state index contributed by atoms with van der Waals surface area (Å²) >= 11 is 1.65. The first-order chi connectivity index (χ1) is 11.9. The topological polar surface area (TPSA) is 66.1 Å². The monoisotopic (exact) mass is 343 g/mol. The molecule has 1 aliphatic heterocycles. The van der Waals surface area contributed by atoms with Gasteiger partial charge >= 0.3 is 0 Å². The molecule has 0 atom stereocenters. The fourth-order valence-corrected chi connectivity index (χ4v) is 3.71. The van der Waals surface area contributed by atoms with E-state index >= 15 is 0 Å². The first kappa shape index (κ1) is 15.6. The number of hydrogen-bond acceptors (Lipinski definition) is 6. The molecule has 0 saturated carbocycles. The molecule has 0 aliphatic carbocycles. The summed E-state index contributed by atoms with van der Waals surface area (Å²) < 4.78 is 5.37. The van der Waals surface area contributed by atoms with Gasteiger partial charge in [-0.05, 0) is 25.1 Å². The van der Waals surface area contributed by atoms with Gasteiger partial charge in [0, 0.05) is 48.4 Å². The number of aromatic nitrogens is 3. The Morgan fingerprint density at radius 2 is 2.25 bits per heavy atom. The smallest absolute Gasteiger partial charge is 0.183 e. The van der Waals surface area contributed by atoms with E-state index in [-0.39, 0.29) is 0 Å². The summed E-state index contributed by atoms with van der Waals surface area (Å²) in [5.41, 5.74) is 3.01. The number of nitrogens with one attached hydrogen (secondary N) is 2. The molecule has 3 aromatic rings. The van der Waals surface area contributed by atoms with E-state index in [2.05, 4.69) is 31.6 Å². The van der Waals surface area contributed by atoms with Crippen LogP contribution < -0.4 is 5.32 Å². The number of fused-ring (bicyclic) bond motifs is 1. The van der Waals surface area contributed by atoms with Crippen molar-refractivity contribution in [2.45, 2.75) is 6.42 Å². The van der Waals surface area contributed by atoms with Gasteiger partial charge in [0.05, 0.1) is 18.9 Å². The van der Waals surface area contributed by atoms with Crippen molar-refractivity contribution in [1.29, 1.82) is 0 Å². The van der Waals surface area contributed by atoms with Gasteiger partial charge in [-0.25, -0.2) is 9.97 Å². The summed E-state index contributed by atoms with van der Waals surface area (Å²) in [5, 5.41) is 7.63. The molecular formula is C17H21N5OS. The average molecular weight is 343 g/mol. The van der Waals surface area contributed by atoms with E-state index in [1.165, 1.54) is 0 Å². The maximum absolute atomic E-state index is 5.37. The zero-order valence-electron chi connectivity index (χ0n) is 13.5. The lowest BCUT2D eigenvalue weighted by Crippen LogP contribution is -2.37. The maximum atomic E-state index is 5.37. The van der Waals surface area contributed by atoms with Gasteiger partial charge in [-0.2, -0.15) is 0 Å². The summed E-state index contributed by atoms with van der Waals surface area (Å²) in [5.74, 6) is 0. The third-order valence-electron chi connectivity index (χ3n) is 4.26. The van der Waals surface area contributed by atoms with Crippen molar-refractivity contribution in [3.8, 4) is 11.3 Å². The van der Waals surface area contributed by atoms with Crippen LogP contribution in [0.5, 0.6) is 0 Å². The summed E-state index contributed by atoms with van der Waals surface area (Å²) in [6, 6.07) is 4.03. The molecule has 4 heterocycles. The number of ether oxygens (including phenoxy) is 1. The molecule has 3 aromatic heterocycles. The standard InChI is InChI=1S/C17H21N5OS/c1-3-13-14(11-20-16(13)18-4-1)15-12-24-17(21-15)19-5-2-6-22-7-9-23-10-8-22/h1,3-4,11-12H,2,5-10H2,(H,18,20)(H,19,21). The first-order valence-corrected chi connectivity index (χ1v) is 9.20. The van der Waals surface area contributed by atoms with Gasteiger partial charge in [0.25, 0.3) is 0 Å². The molecule has 1 aliphatic rings. The van der Waals surface area contributed by atoms with Crippen LogP contribution in [0.2, 0.25) is 0 Å². The van der Waals surface area contributed by atoms with Crippen LogP contribution in [0.4, 0.5) is 5.13 Å². The zero-order valence-corrected chi connectivity index (χ0v) is 14.3. The molecule has 0 spiro atoms. The average Bonchev–Trinajstić information content (AvgIpc) is 3.26. The number of hydrogen-bond donors (Lipinski definition) is 2. The van der Waals surface area contributed by atoms with Gasteiger partial charge in [-0.3, -0.25) is 4.90 Å². The molecule has 1 saturated heterocycles. The van der Waals surface area contributed by atoms with Crippen molar-refractivity contribution in [2.75, 3.05) is 44.7 Å². The SMILES string of the molecule is c1cnc2[nH]cc(-c3csc(NCCCN4CCOCC4)n3)c2c1. The molecule has 4 rings (SSSR count). The summed E-state index contributed by atoms with van der Waals surface area (Å²) in [6.45, 7) is 5.89. The lowest BCUT2D eigenvalue weighted by atomic mass is 10.2. The Labute approximate surface area is 144 Å². The number of nitrogens with zero attached hydrogens (tertiary/aromatic N) is 3. The van der Waals surface area contributed by atoms with E-state index < -0.39 is 0 Å². The fourth-order valence-electron chi connectivity index (χ4n) is 2.97. The van der Waals surface area contributed by atoms with Crippen molar-refractivity contribution in [1.82, 2.24) is 19.9 Å². The Morgan fingerprint density at radius 1 is 1.33 bits per heavy atom. The molecule has 0 amide bonds. The van der Waals surface area contributed by atoms with Crippen LogP contribution in [-0.4, -0.2) is 59.2 Å². The van der Waals surface area contributed by atoms with E-state index in [4.69, 9.17) is 9.72 Å². The first-order valence-electron chi connectivity index (χ1n) is 8.32. The Balaban J connectivity index is 1.33. The fraction of sp³-hybridized carbons (Fsp3) is 0.412. The lowest BCUT2D eigenvalue weighted by molar-refractivity contribution is 0.0378. The minimum atomic E-state index is 0.864. The van der Waals surface area contributed by atoms with Crippen LogP contribution in [0, 0.1) is 0 Å². The van der Waals surface area contributed by atoms with E-state index in [9.17, 15) is 0 Å². The summed E-state index contributed by atoms with van der Waals surface area (Å²) in [4.78, 5) is 14.7. The molecular weight excluding hydrogens is 322 g/mol. The highest BCUT2D eigenvalue weighted by atomic mass is 32.1. The van der Waals surface area contributed by atoms with E-state index in [1.807, 2.05) is 12.3 Å². The zero-order chi connectivity index (χ0) is 16.2. The molecule has 2 N–H and O–H groups in total. The molecule has 24 heavy (non-hydrogen) atoms. The van der Waals surface area contributed by atoms with Crippen molar-refractivity contribution >= 4 is 27.5 Å². The van der Waals surface area contributed by atoms with Gasteiger partial charge < -0.3 is 15.0 Å². The van der Waals surface area contributed by atoms with Crippen LogP contribution in [0.15, 0.2) is 29.9 Å². The minimum absolute atomic E-state index is 0.864. The number of anilines is 1. The second kappa shape index (κ2) is 7.29.